The molecule has 6 nitrogen and oxygen atoms in total. The van der Waals surface area contributed by atoms with Gasteiger partial charge in [-0.15, -0.1) is 0 Å². The van der Waals surface area contributed by atoms with E-state index in [2.05, 4.69) is 4.99 Å². The molecule has 0 bridgehead atoms. The lowest BCUT2D eigenvalue weighted by Crippen LogP contribution is -2.39. The van der Waals surface area contributed by atoms with Crippen molar-refractivity contribution in [2.75, 3.05) is 6.26 Å². The van der Waals surface area contributed by atoms with Crippen LogP contribution in [0.3, 0.4) is 0 Å². The molecule has 27 heavy (non-hydrogen) atoms. The maximum Gasteiger partial charge on any atom is 0.436 e. The van der Waals surface area contributed by atoms with Crippen LogP contribution in [0.2, 0.25) is 5.02 Å². The van der Waals surface area contributed by atoms with Crippen LogP contribution in [-0.2, 0) is 16.0 Å². The number of hydrogen-bond acceptors (Lipinski definition) is 5. The van der Waals surface area contributed by atoms with Gasteiger partial charge in [-0.05, 0) is 65.5 Å². The zero-order valence-corrected chi connectivity index (χ0v) is 18.4. The average Bonchev–Trinajstić information content (AvgIpc) is 2.49. The predicted molar refractivity (Wildman–Crippen MR) is 110 cm³/mol. The molecule has 0 heterocycles. The van der Waals surface area contributed by atoms with E-state index in [-0.39, 0.29) is 11.7 Å². The molecule has 0 aliphatic heterocycles. The van der Waals surface area contributed by atoms with E-state index >= 15 is 0 Å². The number of benzene rings is 1. The third-order valence-electron chi connectivity index (χ3n) is 2.86. The number of ether oxygens (including phenoxy) is 2. The largest absolute Gasteiger partial charge is 0.443 e. The quantitative estimate of drug-likeness (QED) is 0.456. The Labute approximate surface area is 170 Å². The van der Waals surface area contributed by atoms with Crippen LogP contribution in [0.5, 0.6) is 0 Å². The fourth-order valence-electron chi connectivity index (χ4n) is 1.88. The van der Waals surface area contributed by atoms with Crippen LogP contribution in [0.15, 0.2) is 29.3 Å². The normalized spacial score (nSPS) is 12.5. The summed E-state index contributed by atoms with van der Waals surface area (Å²) >= 11 is 7.08. The van der Waals surface area contributed by atoms with Gasteiger partial charge in [-0.1, -0.05) is 35.5 Å². The maximum absolute atomic E-state index is 12.7. The number of carbonyl (C=O) groups excluding carboxylic acids is 2. The number of amidine groups is 1. The molecular weight excluding hydrogens is 388 g/mol. The minimum Gasteiger partial charge on any atom is -0.443 e. The van der Waals surface area contributed by atoms with E-state index in [0.717, 1.165) is 17.3 Å². The van der Waals surface area contributed by atoms with E-state index in [1.54, 1.807) is 72.1 Å². The molecule has 0 aliphatic rings. The number of hydrogen-bond donors (Lipinski definition) is 0. The zero-order chi connectivity index (χ0) is 20.8. The van der Waals surface area contributed by atoms with Crippen LogP contribution in [0.25, 0.3) is 0 Å². The van der Waals surface area contributed by atoms with Crippen LogP contribution < -0.4 is 0 Å². The number of aliphatic imine (C=N–C) groups is 1. The van der Waals surface area contributed by atoms with Crippen molar-refractivity contribution in [3.05, 3.63) is 34.9 Å². The van der Waals surface area contributed by atoms with Crippen molar-refractivity contribution in [1.29, 1.82) is 0 Å². The van der Waals surface area contributed by atoms with Crippen LogP contribution in [-0.4, -0.2) is 39.7 Å². The van der Waals surface area contributed by atoms with Gasteiger partial charge in [0, 0.05) is 5.02 Å². The second-order valence-corrected chi connectivity index (χ2v) is 8.98. The highest BCUT2D eigenvalue weighted by Crippen LogP contribution is 2.19. The van der Waals surface area contributed by atoms with Gasteiger partial charge in [0.1, 0.15) is 11.2 Å². The summed E-state index contributed by atoms with van der Waals surface area (Å²) in [6.45, 7) is 10.7. The summed E-state index contributed by atoms with van der Waals surface area (Å²) in [5.74, 6) is 0. The Morgan fingerprint density at radius 3 is 2.00 bits per heavy atom. The Bertz CT molecular complexity index is 691. The standard InChI is InChI=1S/C19H27ClN2O4S/c1-18(2,3)25-16(23)21-15(27-7)22(17(24)26-19(4,5)6)12-13-8-10-14(20)11-9-13/h8-11H,12H2,1-7H3/b21-15+. The minimum atomic E-state index is -0.767. The number of halogens is 1. The van der Waals surface area contributed by atoms with Gasteiger partial charge in [0.15, 0.2) is 5.17 Å². The third kappa shape index (κ3) is 9.15. The summed E-state index contributed by atoms with van der Waals surface area (Å²) in [5.41, 5.74) is -0.557. The molecule has 150 valence electrons. The zero-order valence-electron chi connectivity index (χ0n) is 16.8. The highest BCUT2D eigenvalue weighted by molar-refractivity contribution is 8.13. The lowest BCUT2D eigenvalue weighted by Gasteiger charge is -2.27. The van der Waals surface area contributed by atoms with Crippen molar-refractivity contribution in [1.82, 2.24) is 4.90 Å². The Morgan fingerprint density at radius 1 is 1.04 bits per heavy atom. The first-order chi connectivity index (χ1) is 12.3. The van der Waals surface area contributed by atoms with Crippen molar-refractivity contribution in [2.45, 2.75) is 59.3 Å². The van der Waals surface area contributed by atoms with Gasteiger partial charge in [-0.2, -0.15) is 4.99 Å². The van der Waals surface area contributed by atoms with E-state index in [1.807, 2.05) is 0 Å². The first kappa shape index (κ1) is 23.3. The number of thioether (sulfide) groups is 1. The molecule has 1 rings (SSSR count). The first-order valence-electron chi connectivity index (χ1n) is 8.41. The van der Waals surface area contributed by atoms with E-state index in [1.165, 1.54) is 4.90 Å². The van der Waals surface area contributed by atoms with Gasteiger partial charge in [-0.3, -0.25) is 4.90 Å². The van der Waals surface area contributed by atoms with Crippen molar-refractivity contribution in [3.63, 3.8) is 0 Å². The third-order valence-corrected chi connectivity index (χ3v) is 3.79. The van der Waals surface area contributed by atoms with Gasteiger partial charge in [0.2, 0.25) is 0 Å². The van der Waals surface area contributed by atoms with Crippen LogP contribution in [0.4, 0.5) is 9.59 Å². The lowest BCUT2D eigenvalue weighted by atomic mass is 10.2. The topological polar surface area (TPSA) is 68.2 Å². The van der Waals surface area contributed by atoms with E-state index in [0.29, 0.717) is 5.02 Å². The Balaban J connectivity index is 3.17. The summed E-state index contributed by atoms with van der Waals surface area (Å²) < 4.78 is 10.7. The maximum atomic E-state index is 12.7. The van der Waals surface area contributed by atoms with Gasteiger partial charge < -0.3 is 9.47 Å². The molecule has 0 saturated carbocycles. The first-order valence-corrected chi connectivity index (χ1v) is 10.0. The van der Waals surface area contributed by atoms with E-state index < -0.39 is 23.4 Å². The Kier molecular flexibility index (Phi) is 8.17. The molecule has 2 amide bonds. The molecule has 0 radical (unpaired) electrons. The Morgan fingerprint density at radius 2 is 1.56 bits per heavy atom. The molecule has 0 unspecified atom stereocenters. The molecule has 1 aromatic rings. The van der Waals surface area contributed by atoms with Crippen LogP contribution in [0, 0.1) is 0 Å². The van der Waals surface area contributed by atoms with Crippen LogP contribution in [0.1, 0.15) is 47.1 Å². The lowest BCUT2D eigenvalue weighted by molar-refractivity contribution is 0.0363. The molecule has 0 spiro atoms. The number of nitrogens with zero attached hydrogens (tertiary/aromatic N) is 2. The van der Waals surface area contributed by atoms with Crippen molar-refractivity contribution in [3.8, 4) is 0 Å². The summed E-state index contributed by atoms with van der Waals surface area (Å²) in [6, 6.07) is 7.05. The fourth-order valence-corrected chi connectivity index (χ4v) is 2.53. The molecule has 1 aromatic carbocycles. The average molecular weight is 415 g/mol. The van der Waals surface area contributed by atoms with Gasteiger partial charge in [0.05, 0.1) is 6.54 Å². The molecule has 0 saturated heterocycles. The van der Waals surface area contributed by atoms with E-state index in [9.17, 15) is 9.59 Å². The van der Waals surface area contributed by atoms with E-state index in [4.69, 9.17) is 21.1 Å². The minimum absolute atomic E-state index is 0.175. The summed E-state index contributed by atoms with van der Waals surface area (Å²) in [4.78, 5) is 30.1. The summed E-state index contributed by atoms with van der Waals surface area (Å²) in [5, 5.41) is 0.781. The monoisotopic (exact) mass is 414 g/mol. The highest BCUT2D eigenvalue weighted by atomic mass is 35.5. The fraction of sp³-hybridized carbons (Fsp3) is 0.526. The van der Waals surface area contributed by atoms with Gasteiger partial charge in [0.25, 0.3) is 0 Å². The van der Waals surface area contributed by atoms with Crippen molar-refractivity contribution < 1.29 is 19.1 Å². The number of amides is 2. The molecule has 8 heteroatoms. The SMILES string of the molecule is CS/C(=N/C(=O)OC(C)(C)C)N(Cc1ccc(Cl)cc1)C(=O)OC(C)(C)C. The summed E-state index contributed by atoms with van der Waals surface area (Å²) in [6.07, 6.45) is 0.355. The Hall–Kier alpha value is -1.73. The van der Waals surface area contributed by atoms with Gasteiger partial charge >= 0.3 is 12.2 Å². The van der Waals surface area contributed by atoms with Crippen LogP contribution >= 0.6 is 23.4 Å². The second-order valence-electron chi connectivity index (χ2n) is 7.77. The highest BCUT2D eigenvalue weighted by Gasteiger charge is 2.27. The molecular formula is C19H27ClN2O4S. The van der Waals surface area contributed by atoms with Crippen molar-refractivity contribution in [2.24, 2.45) is 4.99 Å². The number of rotatable bonds is 2. The smallest absolute Gasteiger partial charge is 0.436 e. The van der Waals surface area contributed by atoms with Gasteiger partial charge in [-0.25, -0.2) is 9.59 Å². The molecule has 0 atom stereocenters. The molecule has 0 fully saturated rings. The number of carbonyl (C=O) groups is 2. The molecule has 0 aliphatic carbocycles. The van der Waals surface area contributed by atoms with Crippen molar-refractivity contribution >= 4 is 40.7 Å². The molecule has 0 N–H and O–H groups in total. The predicted octanol–water partition coefficient (Wildman–Crippen LogP) is 5.73. The molecule has 0 aromatic heterocycles. The second kappa shape index (κ2) is 9.46. The summed E-state index contributed by atoms with van der Waals surface area (Å²) in [7, 11) is 0.